The molecule has 4 atom stereocenters. The number of carbonyl (C=O) groups is 4. The molecule has 95 heavy (non-hydrogen) atoms. The summed E-state index contributed by atoms with van der Waals surface area (Å²) in [5.41, 5.74) is 6.54. The van der Waals surface area contributed by atoms with Gasteiger partial charge in [0.2, 0.25) is 11.9 Å². The Bertz CT molecular complexity index is 3640. The summed E-state index contributed by atoms with van der Waals surface area (Å²) >= 11 is 0. The van der Waals surface area contributed by atoms with Crippen molar-refractivity contribution in [3.63, 3.8) is 0 Å². The molecule has 27 heteroatoms. The number of carboxylic acid groups (broad SMARTS) is 1. The summed E-state index contributed by atoms with van der Waals surface area (Å²) in [4.78, 5) is 65.5. The molecule has 4 aromatic carbocycles. The Labute approximate surface area is 545 Å². The molecule has 0 aliphatic carbocycles. The minimum atomic E-state index is -4.55. The van der Waals surface area contributed by atoms with Crippen molar-refractivity contribution in [3.05, 3.63) is 154 Å². The van der Waals surface area contributed by atoms with Crippen LogP contribution in [-0.4, -0.2) is 134 Å². The highest BCUT2D eigenvalue weighted by molar-refractivity contribution is 5.92. The van der Waals surface area contributed by atoms with Crippen molar-refractivity contribution in [1.29, 1.82) is 0 Å². The number of carbonyl (C=O) groups excluding carboxylic acids is 3. The number of nitrogens with one attached hydrogen (secondary N) is 1. The van der Waals surface area contributed by atoms with Crippen LogP contribution in [0.25, 0.3) is 0 Å². The number of esters is 2. The van der Waals surface area contributed by atoms with Crippen molar-refractivity contribution in [2.75, 3.05) is 86.4 Å². The number of hydrogen-bond acceptors (Lipinski definition) is 13. The number of benzene rings is 4. The summed E-state index contributed by atoms with van der Waals surface area (Å²) in [5, 5.41) is 12.2. The Balaban J connectivity index is 0.000000203. The smallest absolute Gasteiger partial charge is 0.416 e. The molecular formula is C68H82F10N10O7. The van der Waals surface area contributed by atoms with Crippen molar-refractivity contribution in [2.45, 2.75) is 129 Å². The summed E-state index contributed by atoms with van der Waals surface area (Å²) in [7, 11) is 0. The van der Waals surface area contributed by atoms with E-state index >= 15 is 0 Å². The Morgan fingerprint density at radius 3 is 1.37 bits per heavy atom. The summed E-state index contributed by atoms with van der Waals surface area (Å²) in [5.74, 6) is -7.00. The normalized spacial score (nSPS) is 19.4. The maximum absolute atomic E-state index is 14.9. The van der Waals surface area contributed by atoms with Crippen LogP contribution in [0.2, 0.25) is 0 Å². The van der Waals surface area contributed by atoms with Gasteiger partial charge in [0, 0.05) is 124 Å². The number of carboxylic acids is 1. The summed E-state index contributed by atoms with van der Waals surface area (Å²) in [6, 6.07) is 14.0. The van der Waals surface area contributed by atoms with Gasteiger partial charge in [-0.2, -0.15) is 26.3 Å². The largest absolute Gasteiger partial charge is 0.481 e. The quantitative estimate of drug-likeness (QED) is 0.0649. The van der Waals surface area contributed by atoms with Crippen molar-refractivity contribution >= 4 is 47.1 Å². The first kappa shape index (κ1) is 72.6. The number of amides is 1. The molecule has 10 rings (SSSR count). The van der Waals surface area contributed by atoms with Crippen LogP contribution in [0, 0.1) is 46.9 Å². The van der Waals surface area contributed by atoms with E-state index in [0.717, 1.165) is 30.3 Å². The van der Waals surface area contributed by atoms with Crippen molar-refractivity contribution in [1.82, 2.24) is 28.9 Å². The maximum atomic E-state index is 14.9. The van der Waals surface area contributed by atoms with E-state index in [1.807, 2.05) is 56.2 Å². The number of ether oxygens (including phenoxy) is 2. The van der Waals surface area contributed by atoms with E-state index in [1.54, 1.807) is 41.6 Å². The number of imidazole rings is 2. The number of nitrogens with two attached hydrogens (primary N) is 1. The highest BCUT2D eigenvalue weighted by atomic mass is 19.4. The molecule has 0 spiro atoms. The fourth-order valence-corrected chi connectivity index (χ4v) is 12.6. The first-order valence-corrected chi connectivity index (χ1v) is 31.6. The molecule has 0 saturated carbocycles. The lowest BCUT2D eigenvalue weighted by atomic mass is 9.88. The lowest BCUT2D eigenvalue weighted by Crippen LogP contribution is -2.40. The molecular weight excluding hydrogens is 1260 g/mol. The van der Waals surface area contributed by atoms with Gasteiger partial charge in [-0.25, -0.2) is 27.5 Å². The van der Waals surface area contributed by atoms with Gasteiger partial charge < -0.3 is 39.2 Å². The van der Waals surface area contributed by atoms with Crippen LogP contribution < -0.4 is 20.9 Å². The molecule has 6 aromatic rings. The molecule has 516 valence electrons. The fourth-order valence-electron chi connectivity index (χ4n) is 12.6. The molecule has 17 nitrogen and oxygen atoms in total. The Morgan fingerprint density at radius 2 is 0.979 bits per heavy atom. The first-order chi connectivity index (χ1) is 44.6. The predicted molar refractivity (Wildman–Crippen MR) is 337 cm³/mol. The van der Waals surface area contributed by atoms with Gasteiger partial charge in [-0.15, -0.1) is 0 Å². The monoisotopic (exact) mass is 1340 g/mol. The number of likely N-dealkylation sites (tertiary alicyclic amines) is 2. The number of nitrogens with zero attached hydrogens (tertiary/aromatic N) is 8. The number of anilines is 4. The Kier molecular flexibility index (Phi) is 23.1. The molecule has 0 bridgehead atoms. The lowest BCUT2D eigenvalue weighted by molar-refractivity contribution is -0.149. The summed E-state index contributed by atoms with van der Waals surface area (Å²) < 4.78 is 150. The van der Waals surface area contributed by atoms with Crippen LogP contribution in [0.3, 0.4) is 0 Å². The van der Waals surface area contributed by atoms with Gasteiger partial charge in [-0.1, -0.05) is 24.3 Å². The highest BCUT2D eigenvalue weighted by Gasteiger charge is 2.45. The fraction of sp³-hybridized carbons (Fsp3) is 0.500. The summed E-state index contributed by atoms with van der Waals surface area (Å²) in [6.07, 6.45) is -0.656. The molecule has 4 aliphatic rings. The predicted octanol–water partition coefficient (Wildman–Crippen LogP) is 12.6. The average Bonchev–Trinajstić information content (AvgIpc) is 1.31. The van der Waals surface area contributed by atoms with Crippen molar-refractivity contribution < 1.29 is 77.7 Å². The van der Waals surface area contributed by atoms with Gasteiger partial charge in [0.25, 0.3) is 0 Å². The van der Waals surface area contributed by atoms with Crippen LogP contribution >= 0.6 is 0 Å². The standard InChI is InChI=1S/C34H40F5N5O3.C19H23F3N4O2.C15H19F2NO2/c1-5-47-31(46)21-10-13-42(14-11-21)29-16-23(34(37,38)39)7-6-22(29)18-43-15-12-40-32(43)41-30(45)27-20-44(33(2,3)4)19-26(27)25-9-8-24(35)17-28(25)36;1-2-28-17(27)13-5-8-25(9-6-13)16-11-15(19(20,21)22)4-3-14(16)12-26-10-7-24-18(26)23;1-15(2,3)18-7-11(12(8-18)14(19)20)10-5-4-9(16)6-13(10)17/h6-9,12,15-17,21,26-27H,5,10-11,13-14,18-20H2,1-4H3,(H,40,41,45);3-4,7,10-11,13H,2,5-6,8-9,12H2,1H3,(H2,23,24);4-6,11-12H,7-8H2,1-3H3,(H,19,20)/t26-,27+;;11-,12+/m0.0/s1. The van der Waals surface area contributed by atoms with E-state index in [1.165, 1.54) is 48.7 Å². The van der Waals surface area contributed by atoms with Crippen molar-refractivity contribution in [2.24, 2.45) is 23.7 Å². The number of piperidine rings is 2. The van der Waals surface area contributed by atoms with Crippen LogP contribution in [-0.2, 0) is 54.1 Å². The first-order valence-electron chi connectivity index (χ1n) is 31.6. The second-order valence-corrected chi connectivity index (χ2v) is 26.2. The van der Waals surface area contributed by atoms with E-state index in [2.05, 4.69) is 20.2 Å². The second kappa shape index (κ2) is 30.3. The second-order valence-electron chi connectivity index (χ2n) is 26.2. The van der Waals surface area contributed by atoms with E-state index < -0.39 is 82.3 Å². The number of aliphatic carboxylic acids is 1. The number of hydrogen-bond donors (Lipinski definition) is 3. The molecule has 4 saturated heterocycles. The van der Waals surface area contributed by atoms with Gasteiger partial charge in [-0.05, 0) is 140 Å². The molecule has 2 aromatic heterocycles. The van der Waals surface area contributed by atoms with Gasteiger partial charge in [0.05, 0.1) is 61.1 Å². The van der Waals surface area contributed by atoms with Crippen LogP contribution in [0.15, 0.2) is 97.6 Å². The third kappa shape index (κ3) is 18.2. The average molecular weight is 1340 g/mol. The molecule has 0 unspecified atom stereocenters. The summed E-state index contributed by atoms with van der Waals surface area (Å²) in [6.45, 7) is 19.8. The minimum Gasteiger partial charge on any atom is -0.481 e. The van der Waals surface area contributed by atoms with Gasteiger partial charge in [0.1, 0.15) is 23.3 Å². The van der Waals surface area contributed by atoms with E-state index in [9.17, 15) is 68.2 Å². The number of aromatic nitrogens is 4. The van der Waals surface area contributed by atoms with E-state index in [-0.39, 0.29) is 65.1 Å². The van der Waals surface area contributed by atoms with Gasteiger partial charge in [-0.3, -0.25) is 34.3 Å². The maximum Gasteiger partial charge on any atom is 0.416 e. The number of rotatable bonds is 15. The van der Waals surface area contributed by atoms with Crippen LogP contribution in [0.4, 0.5) is 67.2 Å². The SMILES string of the molecule is CC(C)(C)N1C[C@@H](C(=O)O)[C@H](c2ccc(F)cc2F)C1.CCOC(=O)C1CCN(c2cc(C(F)(F)F)ccc2Cn2ccnc2N)CC1.CCOC(=O)C1CCN(c2cc(C(F)(F)F)ccc2Cn2ccnc2NC(=O)[C@@H]2CN(C(C)(C)C)C[C@H]2c2ccc(F)cc2F)CC1. The molecule has 0 radical (unpaired) electrons. The van der Waals surface area contributed by atoms with Gasteiger partial charge in [0.15, 0.2) is 5.95 Å². The highest BCUT2D eigenvalue weighted by Crippen LogP contribution is 2.42. The molecule has 1 amide bonds. The van der Waals surface area contributed by atoms with E-state index in [0.29, 0.717) is 120 Å². The molecule has 6 heterocycles. The third-order valence-corrected chi connectivity index (χ3v) is 18.0. The minimum absolute atomic E-state index is 0.107. The zero-order valence-corrected chi connectivity index (χ0v) is 54.3. The number of halogens is 10. The molecule has 4 N–H and O–H groups in total. The lowest BCUT2D eigenvalue weighted by Gasteiger charge is -2.34. The topological polar surface area (TPSA) is 194 Å². The van der Waals surface area contributed by atoms with Gasteiger partial charge >= 0.3 is 30.3 Å². The van der Waals surface area contributed by atoms with Crippen LogP contribution in [0.5, 0.6) is 0 Å². The molecule has 4 aliphatic heterocycles. The zero-order chi connectivity index (χ0) is 69.5. The van der Waals surface area contributed by atoms with Crippen LogP contribution in [0.1, 0.15) is 126 Å². The molecule has 4 fully saturated rings. The number of alkyl halides is 6. The zero-order valence-electron chi connectivity index (χ0n) is 54.3. The van der Waals surface area contributed by atoms with E-state index in [4.69, 9.17) is 15.2 Å². The van der Waals surface area contributed by atoms with Crippen molar-refractivity contribution in [3.8, 4) is 0 Å². The number of nitrogen functional groups attached to an aromatic ring is 1. The Morgan fingerprint density at radius 1 is 0.568 bits per heavy atom. The third-order valence-electron chi connectivity index (χ3n) is 18.0. The Hall–Kier alpha value is -8.20.